The maximum Gasteiger partial charge on any atom is 0.0421 e. The highest BCUT2D eigenvalue weighted by Crippen LogP contribution is 2.36. The lowest BCUT2D eigenvalue weighted by atomic mass is 9.96. The molecule has 1 fully saturated rings. The van der Waals surface area contributed by atoms with E-state index < -0.39 is 0 Å². The van der Waals surface area contributed by atoms with Crippen LogP contribution in [0.1, 0.15) is 42.2 Å². The van der Waals surface area contributed by atoms with Crippen molar-refractivity contribution in [3.8, 4) is 0 Å². The van der Waals surface area contributed by atoms with Gasteiger partial charge in [0, 0.05) is 10.9 Å². The molecular weight excluding hydrogens is 214 g/mol. The molecular formula is C11H18ClNS. The Morgan fingerprint density at radius 3 is 2.57 bits per heavy atom. The molecule has 14 heavy (non-hydrogen) atoms. The Morgan fingerprint density at radius 1 is 1.43 bits per heavy atom. The van der Waals surface area contributed by atoms with Crippen molar-refractivity contribution in [3.05, 3.63) is 21.9 Å². The largest absolute Gasteiger partial charge is 0.323 e. The molecule has 0 saturated heterocycles. The fourth-order valence-corrected chi connectivity index (χ4v) is 3.28. The van der Waals surface area contributed by atoms with Crippen LogP contribution in [0.4, 0.5) is 0 Å². The average molecular weight is 232 g/mol. The zero-order chi connectivity index (χ0) is 9.26. The van der Waals surface area contributed by atoms with E-state index in [1.165, 1.54) is 36.1 Å². The Morgan fingerprint density at radius 2 is 2.07 bits per heavy atom. The van der Waals surface area contributed by atoms with Crippen LogP contribution in [0, 0.1) is 12.8 Å². The fraction of sp³-hybridized carbons (Fsp3) is 0.636. The molecule has 1 aliphatic rings. The van der Waals surface area contributed by atoms with Crippen LogP contribution in [-0.2, 0) is 0 Å². The third kappa shape index (κ3) is 2.30. The number of thiophene rings is 1. The Labute approximate surface area is 96.1 Å². The van der Waals surface area contributed by atoms with Crippen molar-refractivity contribution < 1.29 is 0 Å². The van der Waals surface area contributed by atoms with E-state index in [0.29, 0.717) is 6.04 Å². The predicted octanol–water partition coefficient (Wildman–Crippen LogP) is 3.67. The Hall–Kier alpha value is -0.0500. The highest BCUT2D eigenvalue weighted by atomic mass is 35.5. The van der Waals surface area contributed by atoms with Crippen LogP contribution in [0.25, 0.3) is 0 Å². The van der Waals surface area contributed by atoms with E-state index >= 15 is 0 Å². The molecule has 0 bridgehead atoms. The van der Waals surface area contributed by atoms with Crippen LogP contribution < -0.4 is 5.73 Å². The quantitative estimate of drug-likeness (QED) is 0.826. The number of rotatable bonds is 2. The van der Waals surface area contributed by atoms with Gasteiger partial charge in [0.25, 0.3) is 0 Å². The van der Waals surface area contributed by atoms with E-state index in [2.05, 4.69) is 18.4 Å². The van der Waals surface area contributed by atoms with Gasteiger partial charge in [-0.1, -0.05) is 12.8 Å². The van der Waals surface area contributed by atoms with Crippen molar-refractivity contribution in [2.75, 3.05) is 0 Å². The number of nitrogens with two attached hydrogens (primary N) is 1. The van der Waals surface area contributed by atoms with Gasteiger partial charge in [-0.3, -0.25) is 0 Å². The van der Waals surface area contributed by atoms with Gasteiger partial charge in [-0.15, -0.1) is 23.7 Å². The van der Waals surface area contributed by atoms with Crippen LogP contribution in [0.3, 0.4) is 0 Å². The molecule has 1 nitrogen and oxygen atoms in total. The molecule has 3 heteroatoms. The summed E-state index contributed by atoms with van der Waals surface area (Å²) in [7, 11) is 0. The molecule has 80 valence electrons. The van der Waals surface area contributed by atoms with Gasteiger partial charge in [-0.05, 0) is 42.7 Å². The first-order valence-corrected chi connectivity index (χ1v) is 5.96. The van der Waals surface area contributed by atoms with Gasteiger partial charge in [0.1, 0.15) is 0 Å². The third-order valence-electron chi connectivity index (χ3n) is 3.11. The first-order valence-electron chi connectivity index (χ1n) is 5.08. The lowest BCUT2D eigenvalue weighted by Crippen LogP contribution is -2.18. The topological polar surface area (TPSA) is 26.0 Å². The third-order valence-corrected chi connectivity index (χ3v) is 4.23. The first kappa shape index (κ1) is 12.0. The van der Waals surface area contributed by atoms with Crippen molar-refractivity contribution in [3.63, 3.8) is 0 Å². The molecule has 2 N–H and O–H groups in total. The lowest BCUT2D eigenvalue weighted by Gasteiger charge is -2.18. The average Bonchev–Trinajstić information content (AvgIpc) is 2.72. The maximum atomic E-state index is 6.26. The van der Waals surface area contributed by atoms with Gasteiger partial charge in [0.2, 0.25) is 0 Å². The van der Waals surface area contributed by atoms with Gasteiger partial charge < -0.3 is 5.73 Å². The number of halogens is 1. The van der Waals surface area contributed by atoms with Gasteiger partial charge in [0.15, 0.2) is 0 Å². The van der Waals surface area contributed by atoms with Crippen molar-refractivity contribution in [1.82, 2.24) is 0 Å². The minimum Gasteiger partial charge on any atom is -0.323 e. The monoisotopic (exact) mass is 231 g/mol. The normalized spacial score (nSPS) is 19.3. The Kier molecular flexibility index (Phi) is 4.42. The molecule has 0 spiro atoms. The van der Waals surface area contributed by atoms with Crippen LogP contribution in [0.15, 0.2) is 11.4 Å². The van der Waals surface area contributed by atoms with Crippen LogP contribution in [-0.4, -0.2) is 0 Å². The fourth-order valence-electron chi connectivity index (χ4n) is 2.26. The lowest BCUT2D eigenvalue weighted by molar-refractivity contribution is 0.449. The second kappa shape index (κ2) is 5.15. The smallest absolute Gasteiger partial charge is 0.0421 e. The Bertz CT molecular complexity index is 279. The highest BCUT2D eigenvalue weighted by Gasteiger charge is 2.24. The SMILES string of the molecule is Cc1ccsc1C(N)C1CCCC1.Cl. The van der Waals surface area contributed by atoms with Crippen molar-refractivity contribution >= 4 is 23.7 Å². The molecule has 0 aromatic carbocycles. The van der Waals surface area contributed by atoms with Crippen LogP contribution >= 0.6 is 23.7 Å². The number of aryl methyl sites for hydroxylation is 1. The van der Waals surface area contributed by atoms with Gasteiger partial charge >= 0.3 is 0 Å². The van der Waals surface area contributed by atoms with Crippen molar-refractivity contribution in [2.24, 2.45) is 11.7 Å². The standard InChI is InChI=1S/C11H17NS.ClH/c1-8-6-7-13-11(8)10(12)9-4-2-3-5-9;/h6-7,9-10H,2-5,12H2,1H3;1H. The summed E-state index contributed by atoms with van der Waals surface area (Å²) in [5, 5.41) is 2.15. The molecule has 1 unspecified atom stereocenters. The summed E-state index contributed by atoms with van der Waals surface area (Å²) in [6, 6.07) is 2.48. The van der Waals surface area contributed by atoms with E-state index in [-0.39, 0.29) is 12.4 Å². The second-order valence-electron chi connectivity index (χ2n) is 4.04. The van der Waals surface area contributed by atoms with Crippen molar-refractivity contribution in [2.45, 2.75) is 38.6 Å². The van der Waals surface area contributed by atoms with Crippen LogP contribution in [0.2, 0.25) is 0 Å². The molecule has 0 amide bonds. The summed E-state index contributed by atoms with van der Waals surface area (Å²) < 4.78 is 0. The summed E-state index contributed by atoms with van der Waals surface area (Å²) in [4.78, 5) is 1.41. The minimum atomic E-state index is 0. The zero-order valence-corrected chi connectivity index (χ0v) is 10.2. The molecule has 1 atom stereocenters. The number of hydrogen-bond donors (Lipinski definition) is 1. The maximum absolute atomic E-state index is 6.26. The number of hydrogen-bond acceptors (Lipinski definition) is 2. The van der Waals surface area contributed by atoms with E-state index in [4.69, 9.17) is 5.73 Å². The molecule has 2 rings (SSSR count). The second-order valence-corrected chi connectivity index (χ2v) is 4.99. The first-order chi connectivity index (χ1) is 6.29. The molecule has 1 saturated carbocycles. The summed E-state index contributed by atoms with van der Waals surface area (Å²) in [6.45, 7) is 2.17. The summed E-state index contributed by atoms with van der Waals surface area (Å²) in [6.07, 6.45) is 5.42. The van der Waals surface area contributed by atoms with E-state index in [9.17, 15) is 0 Å². The van der Waals surface area contributed by atoms with Gasteiger partial charge in [-0.25, -0.2) is 0 Å². The molecule has 0 radical (unpaired) electrons. The van der Waals surface area contributed by atoms with Gasteiger partial charge in [0.05, 0.1) is 0 Å². The Balaban J connectivity index is 0.000000980. The molecule has 1 aliphatic carbocycles. The molecule has 1 heterocycles. The van der Waals surface area contributed by atoms with E-state index in [1.807, 2.05) is 11.3 Å². The zero-order valence-electron chi connectivity index (χ0n) is 8.53. The summed E-state index contributed by atoms with van der Waals surface area (Å²) in [5.74, 6) is 0.748. The minimum absolute atomic E-state index is 0. The highest BCUT2D eigenvalue weighted by molar-refractivity contribution is 7.10. The molecule has 1 aromatic heterocycles. The molecule has 0 aliphatic heterocycles. The van der Waals surface area contributed by atoms with E-state index in [0.717, 1.165) is 5.92 Å². The predicted molar refractivity (Wildman–Crippen MR) is 65.2 cm³/mol. The van der Waals surface area contributed by atoms with Gasteiger partial charge in [-0.2, -0.15) is 0 Å². The van der Waals surface area contributed by atoms with Crippen molar-refractivity contribution in [1.29, 1.82) is 0 Å². The molecule has 1 aromatic rings. The van der Waals surface area contributed by atoms with E-state index in [1.54, 1.807) is 0 Å². The summed E-state index contributed by atoms with van der Waals surface area (Å²) in [5.41, 5.74) is 7.64. The summed E-state index contributed by atoms with van der Waals surface area (Å²) >= 11 is 1.82. The van der Waals surface area contributed by atoms with Crippen LogP contribution in [0.5, 0.6) is 0 Å².